The lowest BCUT2D eigenvalue weighted by Gasteiger charge is -2.10. The molecular formula is C21H17N5OS. The predicted molar refractivity (Wildman–Crippen MR) is 111 cm³/mol. The number of para-hydroxylation sites is 2. The quantitative estimate of drug-likeness (QED) is 0.517. The Hall–Kier alpha value is -3.45. The molecular weight excluding hydrogens is 370 g/mol. The zero-order chi connectivity index (χ0) is 19.3. The number of thioether (sulfide) groups is 1. The summed E-state index contributed by atoms with van der Waals surface area (Å²) in [6, 6.07) is 22.7. The highest BCUT2D eigenvalue weighted by molar-refractivity contribution is 7.98. The van der Waals surface area contributed by atoms with Crippen LogP contribution < -0.4 is 5.32 Å². The first kappa shape index (κ1) is 17.9. The molecule has 0 bridgehead atoms. The molecule has 0 aliphatic heterocycles. The second-order valence-electron chi connectivity index (χ2n) is 5.90. The number of pyridine rings is 1. The number of aromatic nitrogens is 4. The van der Waals surface area contributed by atoms with E-state index in [4.69, 9.17) is 0 Å². The van der Waals surface area contributed by atoms with Gasteiger partial charge >= 0.3 is 0 Å². The van der Waals surface area contributed by atoms with Crippen molar-refractivity contribution < 1.29 is 4.79 Å². The van der Waals surface area contributed by atoms with E-state index >= 15 is 0 Å². The summed E-state index contributed by atoms with van der Waals surface area (Å²) in [5.41, 5.74) is 2.93. The topological polar surface area (TPSA) is 72.7 Å². The van der Waals surface area contributed by atoms with Crippen LogP contribution in [0.1, 0.15) is 10.5 Å². The Morgan fingerprint density at radius 3 is 2.46 bits per heavy atom. The van der Waals surface area contributed by atoms with Crippen molar-refractivity contribution in [2.24, 2.45) is 0 Å². The Labute approximate surface area is 166 Å². The van der Waals surface area contributed by atoms with Gasteiger partial charge in [-0.2, -0.15) is 0 Å². The Bertz CT molecular complexity index is 1100. The van der Waals surface area contributed by atoms with Gasteiger partial charge in [-0.3, -0.25) is 9.78 Å². The summed E-state index contributed by atoms with van der Waals surface area (Å²) in [7, 11) is 0. The molecule has 1 amide bonds. The highest BCUT2D eigenvalue weighted by atomic mass is 32.2. The van der Waals surface area contributed by atoms with Crippen molar-refractivity contribution in [3.05, 3.63) is 84.7 Å². The van der Waals surface area contributed by atoms with E-state index in [-0.39, 0.29) is 11.6 Å². The summed E-state index contributed by atoms with van der Waals surface area (Å²) in [6.45, 7) is 0. The van der Waals surface area contributed by atoms with Crippen LogP contribution in [0.25, 0.3) is 17.1 Å². The third-order valence-electron chi connectivity index (χ3n) is 4.15. The fourth-order valence-corrected chi connectivity index (χ4v) is 3.40. The number of anilines is 1. The average molecular weight is 387 g/mol. The summed E-state index contributed by atoms with van der Waals surface area (Å²) in [6.07, 6.45) is 3.65. The van der Waals surface area contributed by atoms with Crippen LogP contribution in [0.3, 0.4) is 0 Å². The van der Waals surface area contributed by atoms with E-state index in [1.807, 2.05) is 79.1 Å². The van der Waals surface area contributed by atoms with Gasteiger partial charge in [0.25, 0.3) is 5.91 Å². The molecule has 2 heterocycles. The van der Waals surface area contributed by atoms with Gasteiger partial charge in [0.05, 0.1) is 17.1 Å². The first-order valence-corrected chi connectivity index (χ1v) is 9.87. The molecule has 4 rings (SSSR count). The van der Waals surface area contributed by atoms with E-state index in [1.165, 1.54) is 0 Å². The molecule has 0 atom stereocenters. The Kier molecular flexibility index (Phi) is 5.16. The van der Waals surface area contributed by atoms with Gasteiger partial charge in [-0.15, -0.1) is 16.9 Å². The first-order valence-electron chi connectivity index (χ1n) is 8.65. The number of hydrogen-bond acceptors (Lipinski definition) is 5. The number of benzene rings is 2. The third kappa shape index (κ3) is 3.52. The number of nitrogens with one attached hydrogen (secondary N) is 1. The Morgan fingerprint density at radius 2 is 1.71 bits per heavy atom. The molecule has 2 aromatic heterocycles. The van der Waals surface area contributed by atoms with Crippen LogP contribution >= 0.6 is 11.8 Å². The van der Waals surface area contributed by atoms with Crippen molar-refractivity contribution in [2.45, 2.75) is 4.90 Å². The molecule has 0 fully saturated rings. The highest BCUT2D eigenvalue weighted by Gasteiger charge is 2.23. The number of rotatable bonds is 5. The van der Waals surface area contributed by atoms with Crippen LogP contribution in [-0.4, -0.2) is 32.1 Å². The number of nitrogens with zero attached hydrogens (tertiary/aromatic N) is 4. The van der Waals surface area contributed by atoms with E-state index in [2.05, 4.69) is 20.6 Å². The lowest BCUT2D eigenvalue weighted by Crippen LogP contribution is -2.15. The van der Waals surface area contributed by atoms with E-state index in [0.717, 1.165) is 16.3 Å². The maximum absolute atomic E-state index is 13.1. The summed E-state index contributed by atoms with van der Waals surface area (Å²) in [5.74, 6) is -0.329. The molecule has 4 aromatic rings. The Balaban J connectivity index is 1.79. The summed E-state index contributed by atoms with van der Waals surface area (Å²) in [5, 5.41) is 11.4. The maximum Gasteiger partial charge on any atom is 0.278 e. The molecule has 0 saturated carbocycles. The molecule has 2 aromatic carbocycles. The van der Waals surface area contributed by atoms with Crippen LogP contribution in [-0.2, 0) is 0 Å². The third-order valence-corrected chi connectivity index (χ3v) is 4.94. The number of carbonyl (C=O) groups excluding carboxylic acids is 1. The van der Waals surface area contributed by atoms with Crippen LogP contribution in [0.5, 0.6) is 0 Å². The minimum atomic E-state index is -0.329. The lowest BCUT2D eigenvalue weighted by atomic mass is 10.2. The van der Waals surface area contributed by atoms with E-state index in [0.29, 0.717) is 11.4 Å². The summed E-state index contributed by atoms with van der Waals surface area (Å²) >= 11 is 1.57. The summed E-state index contributed by atoms with van der Waals surface area (Å²) in [4.78, 5) is 18.4. The second-order valence-corrected chi connectivity index (χ2v) is 6.75. The van der Waals surface area contributed by atoms with Gasteiger partial charge in [-0.05, 0) is 42.7 Å². The second kappa shape index (κ2) is 8.06. The zero-order valence-corrected chi connectivity index (χ0v) is 15.9. The molecule has 7 heteroatoms. The van der Waals surface area contributed by atoms with Gasteiger partial charge in [-0.1, -0.05) is 41.6 Å². The fourth-order valence-electron chi connectivity index (χ4n) is 2.85. The molecule has 1 N–H and O–H groups in total. The standard InChI is InChI=1S/C21H17N5OS/c1-28-18-13-6-5-11-16(18)23-21(27)19-20(17-12-7-8-14-22-17)26(25-24-19)15-9-3-2-4-10-15/h2-14H,1H3,(H,23,27). The number of hydrogen-bond donors (Lipinski definition) is 1. The van der Waals surface area contributed by atoms with Gasteiger partial charge in [0.15, 0.2) is 5.69 Å². The van der Waals surface area contributed by atoms with Gasteiger partial charge in [0.2, 0.25) is 0 Å². The molecule has 0 saturated heterocycles. The monoisotopic (exact) mass is 387 g/mol. The van der Waals surface area contributed by atoms with E-state index < -0.39 is 0 Å². The van der Waals surface area contributed by atoms with Gasteiger partial charge in [-0.25, -0.2) is 4.68 Å². The minimum Gasteiger partial charge on any atom is -0.319 e. The SMILES string of the molecule is CSc1ccccc1NC(=O)c1nnn(-c2ccccc2)c1-c1ccccn1. The molecule has 0 aliphatic carbocycles. The van der Waals surface area contributed by atoms with Crippen LogP contribution in [0.2, 0.25) is 0 Å². The van der Waals surface area contributed by atoms with Crippen LogP contribution in [0.15, 0.2) is 83.9 Å². The van der Waals surface area contributed by atoms with Crippen molar-refractivity contribution in [2.75, 3.05) is 11.6 Å². The zero-order valence-electron chi connectivity index (χ0n) is 15.1. The average Bonchev–Trinajstić information content (AvgIpc) is 3.21. The molecule has 6 nitrogen and oxygen atoms in total. The fraction of sp³-hybridized carbons (Fsp3) is 0.0476. The molecule has 0 aliphatic rings. The van der Waals surface area contributed by atoms with Crippen molar-refractivity contribution in [1.29, 1.82) is 0 Å². The molecule has 138 valence electrons. The molecule has 0 spiro atoms. The van der Waals surface area contributed by atoms with Crippen LogP contribution in [0.4, 0.5) is 5.69 Å². The smallest absolute Gasteiger partial charge is 0.278 e. The number of carbonyl (C=O) groups is 1. The summed E-state index contributed by atoms with van der Waals surface area (Å²) < 4.78 is 1.64. The van der Waals surface area contributed by atoms with Crippen molar-refractivity contribution in [3.63, 3.8) is 0 Å². The maximum atomic E-state index is 13.1. The van der Waals surface area contributed by atoms with E-state index in [1.54, 1.807) is 22.6 Å². The lowest BCUT2D eigenvalue weighted by molar-refractivity contribution is 0.102. The molecule has 0 radical (unpaired) electrons. The predicted octanol–water partition coefficient (Wildman–Crippen LogP) is 4.30. The Morgan fingerprint density at radius 1 is 0.964 bits per heavy atom. The van der Waals surface area contributed by atoms with Crippen molar-refractivity contribution in [3.8, 4) is 17.1 Å². The largest absolute Gasteiger partial charge is 0.319 e. The molecule has 0 unspecified atom stereocenters. The van der Waals surface area contributed by atoms with Crippen LogP contribution in [0, 0.1) is 0 Å². The van der Waals surface area contributed by atoms with E-state index in [9.17, 15) is 4.79 Å². The highest BCUT2D eigenvalue weighted by Crippen LogP contribution is 2.27. The normalized spacial score (nSPS) is 10.6. The van der Waals surface area contributed by atoms with Gasteiger partial charge < -0.3 is 5.32 Å². The number of amides is 1. The van der Waals surface area contributed by atoms with Gasteiger partial charge in [0.1, 0.15) is 5.69 Å². The minimum absolute atomic E-state index is 0.221. The van der Waals surface area contributed by atoms with Crippen molar-refractivity contribution in [1.82, 2.24) is 20.0 Å². The van der Waals surface area contributed by atoms with Crippen molar-refractivity contribution >= 4 is 23.4 Å². The molecule has 28 heavy (non-hydrogen) atoms. The van der Waals surface area contributed by atoms with Gasteiger partial charge in [0, 0.05) is 11.1 Å². The first-order chi connectivity index (χ1) is 13.8.